The molecule has 0 fully saturated rings. The Morgan fingerprint density at radius 2 is 0.891 bits per heavy atom. The fourth-order valence-electron chi connectivity index (χ4n) is 6.69. The number of phosphoric acid groups is 1. The molecule has 0 aliphatic carbocycles. The van der Waals surface area contributed by atoms with Gasteiger partial charge in [-0.1, -0.05) is 193 Å². The summed E-state index contributed by atoms with van der Waals surface area (Å²) in [6, 6.07) is 0. The van der Waals surface area contributed by atoms with Crippen molar-refractivity contribution in [3.8, 4) is 0 Å². The Hall–Kier alpha value is -1.25. The van der Waals surface area contributed by atoms with E-state index in [2.05, 4.69) is 26.0 Å². The number of carbonyl (C=O) groups excluding carboxylic acids is 2. The van der Waals surface area contributed by atoms with Crippen LogP contribution in [0.3, 0.4) is 0 Å². The maximum Gasteiger partial charge on any atom is 0.472 e. The first-order chi connectivity index (χ1) is 26.8. The van der Waals surface area contributed by atoms with E-state index in [1.165, 1.54) is 148 Å². The summed E-state index contributed by atoms with van der Waals surface area (Å²) in [5, 5.41) is 0. The standard InChI is InChI=1S/C45H88NO8P/c1-3-5-7-9-11-13-15-17-18-19-20-21-22-23-24-26-27-29-31-33-35-37-44(47)51-41-43(42-53-55(49,50)52-40-39-46)54-45(48)38-36-34-32-30-28-25-16-14-12-10-8-6-4-2/h14,16,43H,3-13,15,17-42,46H2,1-2H3,(H,49,50)/b16-14+/t43-/m0/s1. The van der Waals surface area contributed by atoms with Gasteiger partial charge in [0.2, 0.25) is 0 Å². The fraction of sp³-hybridized carbons (Fsp3) is 0.911. The van der Waals surface area contributed by atoms with E-state index in [1.807, 2.05) is 0 Å². The molecule has 0 saturated heterocycles. The third kappa shape index (κ3) is 42.2. The molecule has 0 spiro atoms. The maximum atomic E-state index is 12.6. The molecule has 0 aromatic rings. The first kappa shape index (κ1) is 53.8. The van der Waals surface area contributed by atoms with Gasteiger partial charge in [-0.05, 0) is 38.5 Å². The van der Waals surface area contributed by atoms with Crippen LogP contribution in [0.1, 0.15) is 232 Å². The van der Waals surface area contributed by atoms with Gasteiger partial charge in [-0.15, -0.1) is 0 Å². The fourth-order valence-corrected chi connectivity index (χ4v) is 7.45. The van der Waals surface area contributed by atoms with Crippen molar-refractivity contribution in [1.82, 2.24) is 0 Å². The molecule has 0 aromatic heterocycles. The van der Waals surface area contributed by atoms with E-state index in [-0.39, 0.29) is 38.6 Å². The average Bonchev–Trinajstić information content (AvgIpc) is 3.17. The van der Waals surface area contributed by atoms with Crippen molar-refractivity contribution in [2.75, 3.05) is 26.4 Å². The average molecular weight is 802 g/mol. The van der Waals surface area contributed by atoms with Gasteiger partial charge in [-0.25, -0.2) is 4.57 Å². The second kappa shape index (κ2) is 42.4. The predicted octanol–water partition coefficient (Wildman–Crippen LogP) is 13.4. The number of hydrogen-bond acceptors (Lipinski definition) is 8. The van der Waals surface area contributed by atoms with Gasteiger partial charge in [-0.3, -0.25) is 18.6 Å². The highest BCUT2D eigenvalue weighted by molar-refractivity contribution is 7.47. The second-order valence-electron chi connectivity index (χ2n) is 15.6. The number of phosphoric ester groups is 1. The van der Waals surface area contributed by atoms with Crippen LogP contribution in [0.15, 0.2) is 12.2 Å². The first-order valence-electron chi connectivity index (χ1n) is 23.2. The van der Waals surface area contributed by atoms with Crippen molar-refractivity contribution in [1.29, 1.82) is 0 Å². The van der Waals surface area contributed by atoms with Crippen LogP contribution >= 0.6 is 7.82 Å². The predicted molar refractivity (Wildman–Crippen MR) is 229 cm³/mol. The molecule has 0 radical (unpaired) electrons. The van der Waals surface area contributed by atoms with Crippen LogP contribution in [0.25, 0.3) is 0 Å². The van der Waals surface area contributed by atoms with Crippen LogP contribution in [0, 0.1) is 0 Å². The van der Waals surface area contributed by atoms with Gasteiger partial charge in [-0.2, -0.15) is 0 Å². The van der Waals surface area contributed by atoms with Gasteiger partial charge in [0.15, 0.2) is 6.10 Å². The van der Waals surface area contributed by atoms with Crippen molar-refractivity contribution >= 4 is 19.8 Å². The summed E-state index contributed by atoms with van der Waals surface area (Å²) in [4.78, 5) is 34.9. The molecule has 0 saturated carbocycles. The normalized spacial score (nSPS) is 13.3. The molecule has 10 heteroatoms. The SMILES string of the molecule is CCCCCC/C=C/CCCCCCCC(=O)O[C@@H](COC(=O)CCCCCCCCCCCCCCCCCCCCCCC)COP(=O)(O)OCCN. The molecule has 55 heavy (non-hydrogen) atoms. The highest BCUT2D eigenvalue weighted by Crippen LogP contribution is 2.43. The number of carbonyl (C=O) groups is 2. The lowest BCUT2D eigenvalue weighted by Crippen LogP contribution is -2.29. The van der Waals surface area contributed by atoms with Crippen LogP contribution in [-0.4, -0.2) is 49.3 Å². The molecule has 2 atom stereocenters. The van der Waals surface area contributed by atoms with Crippen molar-refractivity contribution in [2.45, 2.75) is 238 Å². The summed E-state index contributed by atoms with van der Waals surface area (Å²) in [5.41, 5.74) is 5.35. The van der Waals surface area contributed by atoms with Gasteiger partial charge in [0.1, 0.15) is 6.61 Å². The quantitative estimate of drug-likeness (QED) is 0.0267. The lowest BCUT2D eigenvalue weighted by Gasteiger charge is -2.19. The van der Waals surface area contributed by atoms with Crippen LogP contribution in [0.5, 0.6) is 0 Å². The number of allylic oxidation sites excluding steroid dienone is 2. The Kier molecular flexibility index (Phi) is 41.4. The highest BCUT2D eigenvalue weighted by Gasteiger charge is 2.26. The van der Waals surface area contributed by atoms with Gasteiger partial charge < -0.3 is 20.1 Å². The van der Waals surface area contributed by atoms with Gasteiger partial charge >= 0.3 is 19.8 Å². The van der Waals surface area contributed by atoms with Gasteiger partial charge in [0.25, 0.3) is 0 Å². The van der Waals surface area contributed by atoms with E-state index in [0.717, 1.165) is 51.4 Å². The molecule has 9 nitrogen and oxygen atoms in total. The number of ether oxygens (including phenoxy) is 2. The summed E-state index contributed by atoms with van der Waals surface area (Å²) >= 11 is 0. The Morgan fingerprint density at radius 1 is 0.527 bits per heavy atom. The summed E-state index contributed by atoms with van der Waals surface area (Å²) in [6.45, 7) is 3.74. The van der Waals surface area contributed by atoms with Crippen molar-refractivity contribution in [3.05, 3.63) is 12.2 Å². The topological polar surface area (TPSA) is 134 Å². The van der Waals surface area contributed by atoms with E-state index < -0.39 is 26.5 Å². The molecule has 0 aliphatic rings. The van der Waals surface area contributed by atoms with Crippen molar-refractivity contribution < 1.29 is 37.6 Å². The minimum Gasteiger partial charge on any atom is -0.462 e. The first-order valence-corrected chi connectivity index (χ1v) is 24.7. The number of nitrogens with two attached hydrogens (primary N) is 1. The molecule has 0 bridgehead atoms. The van der Waals surface area contributed by atoms with Gasteiger partial charge in [0.05, 0.1) is 13.2 Å². The molecule has 1 unspecified atom stereocenters. The highest BCUT2D eigenvalue weighted by atomic mass is 31.2. The molecule has 0 aliphatic heterocycles. The third-order valence-electron chi connectivity index (χ3n) is 10.2. The summed E-state index contributed by atoms with van der Waals surface area (Å²) in [7, 11) is -4.37. The van der Waals surface area contributed by atoms with Crippen LogP contribution < -0.4 is 5.73 Å². The molecule has 326 valence electrons. The van der Waals surface area contributed by atoms with Crippen molar-refractivity contribution in [3.63, 3.8) is 0 Å². The van der Waals surface area contributed by atoms with Gasteiger partial charge in [0, 0.05) is 19.4 Å². The summed E-state index contributed by atoms with van der Waals surface area (Å²) in [6.07, 6.45) is 43.9. The lowest BCUT2D eigenvalue weighted by molar-refractivity contribution is -0.161. The molecule has 0 rings (SSSR count). The van der Waals surface area contributed by atoms with E-state index in [9.17, 15) is 19.0 Å². The Morgan fingerprint density at radius 3 is 1.31 bits per heavy atom. The second-order valence-corrected chi connectivity index (χ2v) is 17.1. The van der Waals surface area contributed by atoms with E-state index in [0.29, 0.717) is 6.42 Å². The molecular weight excluding hydrogens is 713 g/mol. The van der Waals surface area contributed by atoms with E-state index in [4.69, 9.17) is 24.3 Å². The van der Waals surface area contributed by atoms with Crippen LogP contribution in [-0.2, 0) is 32.7 Å². The lowest BCUT2D eigenvalue weighted by atomic mass is 10.0. The monoisotopic (exact) mass is 802 g/mol. The van der Waals surface area contributed by atoms with E-state index >= 15 is 0 Å². The smallest absolute Gasteiger partial charge is 0.462 e. The van der Waals surface area contributed by atoms with Crippen molar-refractivity contribution in [2.24, 2.45) is 5.73 Å². The maximum absolute atomic E-state index is 12.6. The summed E-state index contributed by atoms with van der Waals surface area (Å²) < 4.78 is 32.8. The van der Waals surface area contributed by atoms with Crippen LogP contribution in [0.2, 0.25) is 0 Å². The molecule has 3 N–H and O–H groups in total. The summed E-state index contributed by atoms with van der Waals surface area (Å²) in [5.74, 6) is -0.826. The largest absolute Gasteiger partial charge is 0.472 e. The van der Waals surface area contributed by atoms with E-state index in [1.54, 1.807) is 0 Å². The molecule has 0 aromatic carbocycles. The Balaban J connectivity index is 4.02. The number of unbranched alkanes of at least 4 members (excludes halogenated alkanes) is 29. The Bertz CT molecular complexity index is 917. The Labute approximate surface area is 339 Å². The zero-order valence-corrected chi connectivity index (χ0v) is 36.8. The molecule has 0 heterocycles. The zero-order valence-electron chi connectivity index (χ0n) is 35.9. The zero-order chi connectivity index (χ0) is 40.3. The minimum atomic E-state index is -4.37. The third-order valence-corrected chi connectivity index (χ3v) is 11.1. The molecule has 0 amide bonds. The van der Waals surface area contributed by atoms with Crippen LogP contribution in [0.4, 0.5) is 0 Å². The number of hydrogen-bond donors (Lipinski definition) is 2. The minimum absolute atomic E-state index is 0.0549. The number of rotatable bonds is 44. The number of esters is 2. The molecular formula is C45H88NO8P.